The molecule has 0 saturated carbocycles. The van der Waals surface area contributed by atoms with Crippen LogP contribution in [0.3, 0.4) is 0 Å². The number of carbonyl (C=O) groups is 1. The summed E-state index contributed by atoms with van der Waals surface area (Å²) in [6.07, 6.45) is 0. The summed E-state index contributed by atoms with van der Waals surface area (Å²) < 4.78 is 45.0. The van der Waals surface area contributed by atoms with Gasteiger partial charge in [0.05, 0.1) is 28.7 Å². The Labute approximate surface area is 126 Å². The standard InChI is InChI=1S/C12H13ClFNO5S/c1-7-6-20-3-2-15(7)21(18,19)8-4-9(12(16)17)11(13)10(14)5-8/h4-5,7H,2-3,6H2,1H3,(H,16,17)/t7-/m1/s1. The lowest BCUT2D eigenvalue weighted by atomic mass is 10.2. The van der Waals surface area contributed by atoms with E-state index in [-0.39, 0.29) is 19.8 Å². The smallest absolute Gasteiger partial charge is 0.337 e. The Hall–Kier alpha value is -1.22. The van der Waals surface area contributed by atoms with E-state index in [0.29, 0.717) is 0 Å². The molecular weight excluding hydrogens is 325 g/mol. The largest absolute Gasteiger partial charge is 0.478 e. The zero-order valence-electron chi connectivity index (χ0n) is 11.0. The highest BCUT2D eigenvalue weighted by Gasteiger charge is 2.33. The van der Waals surface area contributed by atoms with Crippen molar-refractivity contribution in [3.05, 3.63) is 28.5 Å². The van der Waals surface area contributed by atoms with Crippen LogP contribution in [0, 0.1) is 5.82 Å². The molecule has 0 radical (unpaired) electrons. The molecule has 1 N–H and O–H groups in total. The van der Waals surface area contributed by atoms with Crippen molar-refractivity contribution in [1.82, 2.24) is 4.31 Å². The van der Waals surface area contributed by atoms with Gasteiger partial charge in [0, 0.05) is 12.6 Å². The first-order valence-electron chi connectivity index (χ1n) is 6.07. The van der Waals surface area contributed by atoms with E-state index in [4.69, 9.17) is 21.4 Å². The van der Waals surface area contributed by atoms with Crippen molar-refractivity contribution >= 4 is 27.6 Å². The van der Waals surface area contributed by atoms with Crippen LogP contribution in [0.15, 0.2) is 17.0 Å². The van der Waals surface area contributed by atoms with Gasteiger partial charge in [0.1, 0.15) is 5.82 Å². The Balaban J connectivity index is 2.52. The average molecular weight is 338 g/mol. The van der Waals surface area contributed by atoms with Gasteiger partial charge in [-0.25, -0.2) is 17.6 Å². The summed E-state index contributed by atoms with van der Waals surface area (Å²) >= 11 is 5.54. The normalized spacial score (nSPS) is 20.4. The Morgan fingerprint density at radius 3 is 2.76 bits per heavy atom. The topological polar surface area (TPSA) is 83.9 Å². The Morgan fingerprint density at radius 1 is 1.52 bits per heavy atom. The van der Waals surface area contributed by atoms with Crippen LogP contribution in [0.4, 0.5) is 4.39 Å². The minimum atomic E-state index is -4.02. The summed E-state index contributed by atoms with van der Waals surface area (Å²) in [6, 6.07) is 1.17. The van der Waals surface area contributed by atoms with Crippen molar-refractivity contribution in [2.75, 3.05) is 19.8 Å². The van der Waals surface area contributed by atoms with E-state index >= 15 is 0 Å². The molecule has 21 heavy (non-hydrogen) atoms. The number of halogens is 2. The van der Waals surface area contributed by atoms with Gasteiger partial charge in [-0.05, 0) is 19.1 Å². The van der Waals surface area contributed by atoms with Crippen LogP contribution in [0.2, 0.25) is 5.02 Å². The molecule has 1 aromatic carbocycles. The second-order valence-corrected chi connectivity index (χ2v) is 6.88. The Morgan fingerprint density at radius 2 is 2.19 bits per heavy atom. The zero-order chi connectivity index (χ0) is 15.8. The van der Waals surface area contributed by atoms with Gasteiger partial charge < -0.3 is 9.84 Å². The highest BCUT2D eigenvalue weighted by molar-refractivity contribution is 7.89. The molecule has 116 valence electrons. The molecule has 0 bridgehead atoms. The first kappa shape index (κ1) is 16.2. The predicted molar refractivity (Wildman–Crippen MR) is 72.5 cm³/mol. The van der Waals surface area contributed by atoms with Crippen molar-refractivity contribution in [2.45, 2.75) is 17.9 Å². The lowest BCUT2D eigenvalue weighted by Crippen LogP contribution is -2.47. The lowest BCUT2D eigenvalue weighted by Gasteiger charge is -2.32. The maximum absolute atomic E-state index is 13.7. The minimum Gasteiger partial charge on any atom is -0.478 e. The summed E-state index contributed by atoms with van der Waals surface area (Å²) in [7, 11) is -4.02. The van der Waals surface area contributed by atoms with Gasteiger partial charge in [-0.15, -0.1) is 0 Å². The van der Waals surface area contributed by atoms with E-state index in [1.54, 1.807) is 6.92 Å². The fourth-order valence-electron chi connectivity index (χ4n) is 2.07. The van der Waals surface area contributed by atoms with Gasteiger partial charge in [0.25, 0.3) is 0 Å². The molecule has 6 nitrogen and oxygen atoms in total. The molecule has 1 aliphatic heterocycles. The summed E-state index contributed by atoms with van der Waals surface area (Å²) in [4.78, 5) is 10.6. The second kappa shape index (κ2) is 5.88. The van der Waals surface area contributed by atoms with Crippen molar-refractivity contribution in [2.24, 2.45) is 0 Å². The van der Waals surface area contributed by atoms with Crippen molar-refractivity contribution < 1.29 is 27.4 Å². The van der Waals surface area contributed by atoms with E-state index in [2.05, 4.69) is 0 Å². The van der Waals surface area contributed by atoms with Crippen LogP contribution in [0.25, 0.3) is 0 Å². The highest BCUT2D eigenvalue weighted by Crippen LogP contribution is 2.27. The minimum absolute atomic E-state index is 0.121. The van der Waals surface area contributed by atoms with Crippen molar-refractivity contribution in [3.63, 3.8) is 0 Å². The van der Waals surface area contributed by atoms with Crippen LogP contribution in [-0.2, 0) is 14.8 Å². The van der Waals surface area contributed by atoms with E-state index in [1.807, 2.05) is 0 Å². The van der Waals surface area contributed by atoms with Gasteiger partial charge >= 0.3 is 5.97 Å². The van der Waals surface area contributed by atoms with Gasteiger partial charge in [0.2, 0.25) is 10.0 Å². The maximum Gasteiger partial charge on any atom is 0.337 e. The maximum atomic E-state index is 13.7. The predicted octanol–water partition coefficient (Wildman–Crippen LogP) is 1.59. The Kier molecular flexibility index (Phi) is 4.52. The number of carboxylic acids is 1. The molecule has 0 aliphatic carbocycles. The molecule has 1 aromatic rings. The molecule has 1 aliphatic rings. The number of morpholine rings is 1. The third-order valence-corrected chi connectivity index (χ3v) is 5.52. The van der Waals surface area contributed by atoms with E-state index in [9.17, 15) is 17.6 Å². The third kappa shape index (κ3) is 3.03. The molecule has 9 heteroatoms. The van der Waals surface area contributed by atoms with Gasteiger partial charge in [-0.1, -0.05) is 11.6 Å². The van der Waals surface area contributed by atoms with Gasteiger partial charge in [0.15, 0.2) is 0 Å². The number of benzene rings is 1. The molecule has 1 fully saturated rings. The summed E-state index contributed by atoms with van der Waals surface area (Å²) in [5.74, 6) is -2.58. The monoisotopic (exact) mass is 337 g/mol. The van der Waals surface area contributed by atoms with Crippen LogP contribution in [0.5, 0.6) is 0 Å². The Bertz CT molecular complexity index is 678. The first-order chi connectivity index (χ1) is 9.75. The fraction of sp³-hybridized carbons (Fsp3) is 0.417. The molecule has 1 atom stereocenters. The number of nitrogens with zero attached hydrogens (tertiary/aromatic N) is 1. The third-order valence-electron chi connectivity index (χ3n) is 3.15. The van der Waals surface area contributed by atoms with Crippen LogP contribution < -0.4 is 0 Å². The molecule has 0 unspecified atom stereocenters. The molecule has 1 saturated heterocycles. The summed E-state index contributed by atoms with van der Waals surface area (Å²) in [5.41, 5.74) is -0.587. The highest BCUT2D eigenvalue weighted by atomic mass is 35.5. The number of ether oxygens (including phenoxy) is 1. The molecule has 2 rings (SSSR count). The number of rotatable bonds is 3. The van der Waals surface area contributed by atoms with Crippen molar-refractivity contribution in [1.29, 1.82) is 0 Å². The fourth-order valence-corrected chi connectivity index (χ4v) is 3.90. The summed E-state index contributed by atoms with van der Waals surface area (Å²) in [5, 5.41) is 8.35. The van der Waals surface area contributed by atoms with E-state index < -0.39 is 43.3 Å². The molecular formula is C12H13ClFNO5S. The van der Waals surface area contributed by atoms with E-state index in [1.165, 1.54) is 0 Å². The second-order valence-electron chi connectivity index (χ2n) is 4.61. The molecule has 1 heterocycles. The zero-order valence-corrected chi connectivity index (χ0v) is 12.6. The number of carboxylic acid groups (broad SMARTS) is 1. The SMILES string of the molecule is C[C@@H]1COCCN1S(=O)(=O)c1cc(F)c(Cl)c(C(=O)O)c1. The quantitative estimate of drug-likeness (QED) is 0.905. The molecule has 0 spiro atoms. The van der Waals surface area contributed by atoms with Crippen LogP contribution in [0.1, 0.15) is 17.3 Å². The molecule has 0 aromatic heterocycles. The number of hydrogen-bond donors (Lipinski definition) is 1. The van der Waals surface area contributed by atoms with Gasteiger partial charge in [-0.2, -0.15) is 4.31 Å². The van der Waals surface area contributed by atoms with Gasteiger partial charge in [-0.3, -0.25) is 0 Å². The van der Waals surface area contributed by atoms with E-state index in [0.717, 1.165) is 16.4 Å². The van der Waals surface area contributed by atoms with Crippen molar-refractivity contribution in [3.8, 4) is 0 Å². The summed E-state index contributed by atoms with van der Waals surface area (Å²) in [6.45, 7) is 2.23. The number of aromatic carboxylic acids is 1. The number of sulfonamides is 1. The first-order valence-corrected chi connectivity index (χ1v) is 7.89. The number of hydrogen-bond acceptors (Lipinski definition) is 4. The van der Waals surface area contributed by atoms with Crippen LogP contribution in [-0.4, -0.2) is 49.6 Å². The lowest BCUT2D eigenvalue weighted by molar-refractivity contribution is 0.0392. The van der Waals surface area contributed by atoms with Crippen LogP contribution >= 0.6 is 11.6 Å². The molecule has 0 amide bonds. The average Bonchev–Trinajstić information content (AvgIpc) is 2.41.